The third-order valence-corrected chi connectivity index (χ3v) is 5.49. The molecule has 1 aliphatic rings. The summed E-state index contributed by atoms with van der Waals surface area (Å²) in [6.45, 7) is 5.52. The van der Waals surface area contributed by atoms with Crippen molar-refractivity contribution >= 4 is 17.8 Å². The minimum absolute atomic E-state index is 0.103. The first kappa shape index (κ1) is 25.0. The number of anilines is 1. The van der Waals surface area contributed by atoms with E-state index in [0.29, 0.717) is 31.2 Å². The number of carbonyl (C=O) groups is 1. The van der Waals surface area contributed by atoms with Gasteiger partial charge in [0.2, 0.25) is 5.88 Å². The van der Waals surface area contributed by atoms with E-state index >= 15 is 0 Å². The summed E-state index contributed by atoms with van der Waals surface area (Å²) < 4.78 is 10.6. The minimum Gasteiger partial charge on any atom is -0.481 e. The molecule has 7 nitrogen and oxygen atoms in total. The maximum Gasteiger partial charge on any atom is 0.251 e. The van der Waals surface area contributed by atoms with Gasteiger partial charge in [0.25, 0.3) is 5.91 Å². The Kier molecular flexibility index (Phi) is 9.68. The number of rotatable bonds is 8. The van der Waals surface area contributed by atoms with Crippen molar-refractivity contribution < 1.29 is 14.3 Å². The predicted molar refractivity (Wildman–Crippen MR) is 136 cm³/mol. The number of benzene rings is 1. The summed E-state index contributed by atoms with van der Waals surface area (Å²) in [6.07, 6.45) is 7.30. The number of aliphatic imine (C=N–C) groups is 1. The topological polar surface area (TPSA) is 76.1 Å². The third-order valence-electron chi connectivity index (χ3n) is 5.49. The number of ether oxygens (including phenoxy) is 2. The van der Waals surface area contributed by atoms with E-state index in [1.165, 1.54) is 0 Å². The van der Waals surface area contributed by atoms with Gasteiger partial charge in [-0.2, -0.15) is 0 Å². The number of pyridine rings is 1. The molecule has 34 heavy (non-hydrogen) atoms. The lowest BCUT2D eigenvalue weighted by Crippen LogP contribution is -2.36. The van der Waals surface area contributed by atoms with Crippen LogP contribution in [0.2, 0.25) is 0 Å². The molecule has 1 saturated heterocycles. The fourth-order valence-corrected chi connectivity index (χ4v) is 3.62. The molecule has 0 atom stereocenters. The van der Waals surface area contributed by atoms with Crippen LogP contribution >= 0.6 is 0 Å². The minimum atomic E-state index is -0.103. The Balaban J connectivity index is 1.75. The largest absolute Gasteiger partial charge is 0.481 e. The molecule has 0 bridgehead atoms. The van der Waals surface area contributed by atoms with Gasteiger partial charge < -0.3 is 19.7 Å². The molecule has 0 saturated carbocycles. The first-order valence-corrected chi connectivity index (χ1v) is 11.5. The molecule has 0 unspecified atom stereocenters. The second-order valence-corrected chi connectivity index (χ2v) is 7.78. The quantitative estimate of drug-likeness (QED) is 0.371. The van der Waals surface area contributed by atoms with E-state index in [1.807, 2.05) is 43.5 Å². The van der Waals surface area contributed by atoms with Gasteiger partial charge in [-0.25, -0.2) is 4.98 Å². The Hall–Kier alpha value is -3.63. The van der Waals surface area contributed by atoms with E-state index in [4.69, 9.17) is 9.47 Å². The molecule has 178 valence electrons. The van der Waals surface area contributed by atoms with E-state index in [9.17, 15) is 4.79 Å². The zero-order valence-corrected chi connectivity index (χ0v) is 20.1. The molecule has 0 radical (unpaired) electrons. The first-order chi connectivity index (χ1) is 16.6. The number of nitrogens with one attached hydrogen (secondary N) is 1. The van der Waals surface area contributed by atoms with Crippen molar-refractivity contribution in [2.45, 2.75) is 19.8 Å². The van der Waals surface area contributed by atoms with Crippen LogP contribution < -0.4 is 15.0 Å². The van der Waals surface area contributed by atoms with Crippen LogP contribution in [-0.2, 0) is 4.74 Å². The normalized spacial score (nSPS) is 14.0. The van der Waals surface area contributed by atoms with Gasteiger partial charge in [-0.1, -0.05) is 17.9 Å². The number of nitrogens with zero attached hydrogens (tertiary/aromatic N) is 3. The van der Waals surface area contributed by atoms with Crippen molar-refractivity contribution in [1.29, 1.82) is 0 Å². The Bertz CT molecular complexity index is 1080. The monoisotopic (exact) mass is 460 g/mol. The molecular formula is C27H32N4O3. The van der Waals surface area contributed by atoms with E-state index in [2.05, 4.69) is 32.0 Å². The van der Waals surface area contributed by atoms with E-state index in [-0.39, 0.29) is 5.91 Å². The SMILES string of the molecule is C/C=C(\C=N/C)CCCNC(=O)c1ccc(N2CCOCC2)c(C#Cc2ccc(OC)nc2)c1. The zero-order valence-electron chi connectivity index (χ0n) is 20.1. The second kappa shape index (κ2) is 13.2. The molecule has 0 aliphatic carbocycles. The van der Waals surface area contributed by atoms with Crippen molar-refractivity contribution in [2.24, 2.45) is 4.99 Å². The van der Waals surface area contributed by atoms with Gasteiger partial charge in [0.05, 0.1) is 26.0 Å². The van der Waals surface area contributed by atoms with Gasteiger partial charge in [0.15, 0.2) is 0 Å². The van der Waals surface area contributed by atoms with Gasteiger partial charge in [-0.05, 0) is 49.6 Å². The van der Waals surface area contributed by atoms with Crippen molar-refractivity contribution in [3.05, 3.63) is 64.9 Å². The van der Waals surface area contributed by atoms with Crippen LogP contribution in [0.15, 0.2) is 53.2 Å². The highest BCUT2D eigenvalue weighted by Crippen LogP contribution is 2.23. The number of allylic oxidation sites excluding steroid dienone is 2. The van der Waals surface area contributed by atoms with Crippen LogP contribution in [0.25, 0.3) is 0 Å². The number of carbonyl (C=O) groups excluding carboxylic acids is 1. The van der Waals surface area contributed by atoms with Crippen LogP contribution in [0.5, 0.6) is 5.88 Å². The molecule has 3 rings (SSSR count). The highest BCUT2D eigenvalue weighted by molar-refractivity contribution is 5.95. The Morgan fingerprint density at radius 1 is 1.26 bits per heavy atom. The second-order valence-electron chi connectivity index (χ2n) is 7.78. The van der Waals surface area contributed by atoms with Crippen LogP contribution in [0.3, 0.4) is 0 Å². The van der Waals surface area contributed by atoms with E-state index < -0.39 is 0 Å². The van der Waals surface area contributed by atoms with E-state index in [0.717, 1.165) is 48.3 Å². The molecule has 1 amide bonds. The average molecular weight is 461 g/mol. The van der Waals surface area contributed by atoms with Gasteiger partial charge in [-0.15, -0.1) is 0 Å². The van der Waals surface area contributed by atoms with Gasteiger partial charge in [-0.3, -0.25) is 9.79 Å². The van der Waals surface area contributed by atoms with Gasteiger partial charge in [0.1, 0.15) is 0 Å². The van der Waals surface area contributed by atoms with Crippen molar-refractivity contribution in [1.82, 2.24) is 10.3 Å². The number of morpholine rings is 1. The Morgan fingerprint density at radius 3 is 2.76 bits per heavy atom. The lowest BCUT2D eigenvalue weighted by atomic mass is 10.1. The summed E-state index contributed by atoms with van der Waals surface area (Å²) in [7, 11) is 3.34. The number of aromatic nitrogens is 1. The Morgan fingerprint density at radius 2 is 2.09 bits per heavy atom. The maximum absolute atomic E-state index is 12.8. The summed E-state index contributed by atoms with van der Waals surface area (Å²) in [4.78, 5) is 23.3. The van der Waals surface area contributed by atoms with Crippen LogP contribution in [0.1, 0.15) is 41.3 Å². The molecule has 1 N–H and O–H groups in total. The summed E-state index contributed by atoms with van der Waals surface area (Å²) >= 11 is 0. The van der Waals surface area contributed by atoms with Gasteiger partial charge in [0, 0.05) is 61.9 Å². The summed E-state index contributed by atoms with van der Waals surface area (Å²) in [6, 6.07) is 9.35. The van der Waals surface area contributed by atoms with Crippen molar-refractivity contribution in [3.63, 3.8) is 0 Å². The van der Waals surface area contributed by atoms with Crippen molar-refractivity contribution in [3.8, 4) is 17.7 Å². The lowest BCUT2D eigenvalue weighted by Gasteiger charge is -2.30. The fraction of sp³-hybridized carbons (Fsp3) is 0.370. The standard InChI is InChI=1S/C27H32N4O3/c1-4-21(19-28-2)6-5-13-29-27(32)24-10-11-25(31-14-16-34-17-15-31)23(18-24)9-7-22-8-12-26(33-3)30-20-22/h4,8,10-12,18-20H,5-6,13-17H2,1-3H3,(H,29,32)/b21-4-,28-19-. The summed E-state index contributed by atoms with van der Waals surface area (Å²) in [5.74, 6) is 6.85. The number of hydrogen-bond donors (Lipinski definition) is 1. The molecule has 1 fully saturated rings. The molecule has 2 aromatic rings. The Labute approximate surface area is 201 Å². The van der Waals surface area contributed by atoms with E-state index in [1.54, 1.807) is 26.4 Å². The molecule has 0 spiro atoms. The van der Waals surface area contributed by atoms with Crippen molar-refractivity contribution in [2.75, 3.05) is 51.9 Å². The molecule has 7 heteroatoms. The molecule has 1 aliphatic heterocycles. The number of amides is 1. The summed E-state index contributed by atoms with van der Waals surface area (Å²) in [5.41, 5.74) is 4.35. The molecule has 2 heterocycles. The smallest absolute Gasteiger partial charge is 0.251 e. The molecular weight excluding hydrogens is 428 g/mol. The first-order valence-electron chi connectivity index (χ1n) is 11.5. The summed E-state index contributed by atoms with van der Waals surface area (Å²) in [5, 5.41) is 3.02. The number of hydrogen-bond acceptors (Lipinski definition) is 6. The van der Waals surface area contributed by atoms with Crippen LogP contribution in [0.4, 0.5) is 5.69 Å². The average Bonchev–Trinajstić information content (AvgIpc) is 2.89. The number of methoxy groups -OCH3 is 1. The zero-order chi connectivity index (χ0) is 24.2. The highest BCUT2D eigenvalue weighted by atomic mass is 16.5. The highest BCUT2D eigenvalue weighted by Gasteiger charge is 2.16. The predicted octanol–water partition coefficient (Wildman–Crippen LogP) is 3.48. The van der Waals surface area contributed by atoms with Crippen LogP contribution in [-0.4, -0.2) is 64.1 Å². The van der Waals surface area contributed by atoms with Crippen LogP contribution in [0, 0.1) is 11.8 Å². The lowest BCUT2D eigenvalue weighted by molar-refractivity contribution is 0.0953. The molecule has 1 aromatic heterocycles. The van der Waals surface area contributed by atoms with Gasteiger partial charge >= 0.3 is 0 Å². The third kappa shape index (κ3) is 7.19. The molecule has 1 aromatic carbocycles. The fourth-order valence-electron chi connectivity index (χ4n) is 3.62. The maximum atomic E-state index is 12.8.